The molecule has 2 N–H and O–H groups in total. The van der Waals surface area contributed by atoms with E-state index in [0.717, 1.165) is 0 Å². The lowest BCUT2D eigenvalue weighted by molar-refractivity contribution is 0.0526. The quantitative estimate of drug-likeness (QED) is 0.612. The predicted molar refractivity (Wildman–Crippen MR) is 107 cm³/mol. The van der Waals surface area contributed by atoms with Crippen molar-refractivity contribution in [2.24, 2.45) is 0 Å². The zero-order valence-electron chi connectivity index (χ0n) is 15.9. The zero-order chi connectivity index (χ0) is 20.8. The van der Waals surface area contributed by atoms with Gasteiger partial charge in [0.2, 0.25) is 5.95 Å². The Labute approximate surface area is 167 Å². The lowest BCUT2D eigenvalue weighted by Gasteiger charge is -2.09. The van der Waals surface area contributed by atoms with Crippen molar-refractivity contribution in [1.82, 2.24) is 9.97 Å². The molecule has 0 bridgehead atoms. The molecule has 0 aliphatic carbocycles. The molecule has 0 atom stereocenters. The first-order valence-electron chi connectivity index (χ1n) is 8.91. The van der Waals surface area contributed by atoms with Crippen molar-refractivity contribution in [1.29, 1.82) is 0 Å². The Balaban J connectivity index is 1.74. The van der Waals surface area contributed by atoms with Crippen molar-refractivity contribution in [3.63, 3.8) is 0 Å². The van der Waals surface area contributed by atoms with Gasteiger partial charge in [0, 0.05) is 17.1 Å². The van der Waals surface area contributed by atoms with Crippen molar-refractivity contribution < 1.29 is 18.7 Å². The van der Waals surface area contributed by atoms with Crippen LogP contribution >= 0.6 is 0 Å². The second kappa shape index (κ2) is 8.92. The Hall–Kier alpha value is -3.81. The summed E-state index contributed by atoms with van der Waals surface area (Å²) in [4.78, 5) is 32.7. The van der Waals surface area contributed by atoms with Gasteiger partial charge in [-0.25, -0.2) is 19.2 Å². The standard InChI is InChI=1S/C21H19FN4O3/c1-3-29-20(28)14-4-8-17(9-5-14)25-21-23-13(2)12-18(26-21)19(27)24-16-10-6-15(22)7-11-16/h4-12H,3H2,1-2H3,(H,24,27)(H,23,25,26). The first kappa shape index (κ1) is 19.9. The molecule has 2 aromatic carbocycles. The molecule has 0 aliphatic rings. The number of carbonyl (C=O) groups is 2. The minimum Gasteiger partial charge on any atom is -0.462 e. The fourth-order valence-corrected chi connectivity index (χ4v) is 2.50. The first-order chi connectivity index (χ1) is 13.9. The van der Waals surface area contributed by atoms with E-state index in [1.807, 2.05) is 0 Å². The van der Waals surface area contributed by atoms with Crippen LogP contribution in [-0.2, 0) is 4.74 Å². The van der Waals surface area contributed by atoms with Crippen LogP contribution in [0.3, 0.4) is 0 Å². The van der Waals surface area contributed by atoms with E-state index in [2.05, 4.69) is 20.6 Å². The highest BCUT2D eigenvalue weighted by Crippen LogP contribution is 2.16. The van der Waals surface area contributed by atoms with E-state index < -0.39 is 11.9 Å². The van der Waals surface area contributed by atoms with E-state index in [0.29, 0.717) is 29.2 Å². The topological polar surface area (TPSA) is 93.2 Å². The summed E-state index contributed by atoms with van der Waals surface area (Å²) in [6.07, 6.45) is 0. The maximum absolute atomic E-state index is 13.0. The zero-order valence-corrected chi connectivity index (χ0v) is 15.9. The number of carbonyl (C=O) groups excluding carboxylic acids is 2. The normalized spacial score (nSPS) is 10.3. The Morgan fingerprint density at radius 2 is 1.66 bits per heavy atom. The molecule has 0 radical (unpaired) electrons. The smallest absolute Gasteiger partial charge is 0.338 e. The van der Waals surface area contributed by atoms with Gasteiger partial charge in [0.15, 0.2) is 0 Å². The van der Waals surface area contributed by atoms with E-state index in [1.54, 1.807) is 44.2 Å². The van der Waals surface area contributed by atoms with E-state index >= 15 is 0 Å². The van der Waals surface area contributed by atoms with Gasteiger partial charge < -0.3 is 15.4 Å². The maximum atomic E-state index is 13.0. The summed E-state index contributed by atoms with van der Waals surface area (Å²) in [5.74, 6) is -0.993. The van der Waals surface area contributed by atoms with Crippen LogP contribution in [0.2, 0.25) is 0 Å². The van der Waals surface area contributed by atoms with Crippen LogP contribution in [0.1, 0.15) is 33.5 Å². The number of hydrogen-bond donors (Lipinski definition) is 2. The van der Waals surface area contributed by atoms with Gasteiger partial charge in [-0.3, -0.25) is 4.79 Å². The molecule has 1 aromatic heterocycles. The molecule has 0 fully saturated rings. The Kier molecular flexibility index (Phi) is 6.13. The molecule has 148 valence electrons. The number of halogens is 1. The lowest BCUT2D eigenvalue weighted by atomic mass is 10.2. The second-order valence-electron chi connectivity index (χ2n) is 6.10. The van der Waals surface area contributed by atoms with Gasteiger partial charge in [-0.1, -0.05) is 0 Å². The van der Waals surface area contributed by atoms with Crippen molar-refractivity contribution in [3.8, 4) is 0 Å². The number of aromatic nitrogens is 2. The third-order valence-electron chi connectivity index (χ3n) is 3.84. The minimum atomic E-state index is -0.442. The first-order valence-corrected chi connectivity index (χ1v) is 8.91. The number of anilines is 3. The van der Waals surface area contributed by atoms with Crippen LogP contribution in [0.25, 0.3) is 0 Å². The number of rotatable bonds is 6. The number of nitrogens with one attached hydrogen (secondary N) is 2. The highest BCUT2D eigenvalue weighted by Gasteiger charge is 2.12. The third kappa shape index (κ3) is 5.35. The predicted octanol–water partition coefficient (Wildman–Crippen LogP) is 4.10. The molecule has 0 saturated heterocycles. The van der Waals surface area contributed by atoms with Crippen molar-refractivity contribution >= 4 is 29.2 Å². The van der Waals surface area contributed by atoms with E-state index in [1.165, 1.54) is 24.3 Å². The summed E-state index contributed by atoms with van der Waals surface area (Å²) in [6.45, 7) is 3.79. The van der Waals surface area contributed by atoms with Gasteiger partial charge >= 0.3 is 5.97 Å². The van der Waals surface area contributed by atoms with Crippen molar-refractivity contribution in [3.05, 3.63) is 77.4 Å². The molecule has 1 heterocycles. The van der Waals surface area contributed by atoms with Crippen molar-refractivity contribution in [2.45, 2.75) is 13.8 Å². The number of amides is 1. The number of hydrogen-bond acceptors (Lipinski definition) is 6. The summed E-state index contributed by atoms with van der Waals surface area (Å²) in [5.41, 5.74) is 2.29. The molecule has 29 heavy (non-hydrogen) atoms. The highest BCUT2D eigenvalue weighted by atomic mass is 19.1. The van der Waals surface area contributed by atoms with Crippen LogP contribution in [0.4, 0.5) is 21.7 Å². The fourth-order valence-electron chi connectivity index (χ4n) is 2.50. The van der Waals surface area contributed by atoms with Gasteiger partial charge in [-0.2, -0.15) is 0 Å². The Morgan fingerprint density at radius 3 is 2.31 bits per heavy atom. The van der Waals surface area contributed by atoms with Crippen LogP contribution < -0.4 is 10.6 Å². The molecule has 3 aromatic rings. The van der Waals surface area contributed by atoms with E-state index in [-0.39, 0.29) is 17.5 Å². The minimum absolute atomic E-state index is 0.160. The number of aryl methyl sites for hydroxylation is 1. The van der Waals surface area contributed by atoms with E-state index in [4.69, 9.17) is 4.74 Å². The number of benzene rings is 2. The number of nitrogens with zero attached hydrogens (tertiary/aromatic N) is 2. The molecule has 1 amide bonds. The van der Waals surface area contributed by atoms with Crippen LogP contribution in [0, 0.1) is 12.7 Å². The maximum Gasteiger partial charge on any atom is 0.338 e. The van der Waals surface area contributed by atoms with Crippen LogP contribution in [-0.4, -0.2) is 28.5 Å². The number of ether oxygens (including phenoxy) is 1. The third-order valence-corrected chi connectivity index (χ3v) is 3.84. The molecular weight excluding hydrogens is 375 g/mol. The fraction of sp³-hybridized carbons (Fsp3) is 0.143. The summed E-state index contributed by atoms with van der Waals surface area (Å²) in [6, 6.07) is 13.6. The van der Waals surface area contributed by atoms with Gasteiger partial charge in [0.25, 0.3) is 5.91 Å². The van der Waals surface area contributed by atoms with Gasteiger partial charge in [-0.15, -0.1) is 0 Å². The molecule has 0 unspecified atom stereocenters. The second-order valence-corrected chi connectivity index (χ2v) is 6.10. The average molecular weight is 394 g/mol. The van der Waals surface area contributed by atoms with E-state index in [9.17, 15) is 14.0 Å². The van der Waals surface area contributed by atoms with Crippen LogP contribution in [0.15, 0.2) is 54.6 Å². The lowest BCUT2D eigenvalue weighted by Crippen LogP contribution is -2.15. The van der Waals surface area contributed by atoms with Crippen molar-refractivity contribution in [2.75, 3.05) is 17.2 Å². The molecule has 0 saturated carbocycles. The molecule has 0 spiro atoms. The van der Waals surface area contributed by atoms with Gasteiger partial charge in [0.1, 0.15) is 11.5 Å². The van der Waals surface area contributed by atoms with Gasteiger partial charge in [0.05, 0.1) is 12.2 Å². The Morgan fingerprint density at radius 1 is 1.00 bits per heavy atom. The van der Waals surface area contributed by atoms with Crippen LogP contribution in [0.5, 0.6) is 0 Å². The largest absolute Gasteiger partial charge is 0.462 e. The average Bonchev–Trinajstić information content (AvgIpc) is 2.70. The SMILES string of the molecule is CCOC(=O)c1ccc(Nc2nc(C)cc(C(=O)Nc3ccc(F)cc3)n2)cc1. The molecule has 0 aliphatic heterocycles. The van der Waals surface area contributed by atoms with Gasteiger partial charge in [-0.05, 0) is 68.4 Å². The molecule has 7 nitrogen and oxygen atoms in total. The highest BCUT2D eigenvalue weighted by molar-refractivity contribution is 6.03. The number of esters is 1. The summed E-state index contributed by atoms with van der Waals surface area (Å²) in [5, 5.41) is 5.67. The summed E-state index contributed by atoms with van der Waals surface area (Å²) < 4.78 is 18.0. The molecular formula is C21H19FN4O3. The molecule has 8 heteroatoms. The monoisotopic (exact) mass is 394 g/mol. The summed E-state index contributed by atoms with van der Waals surface area (Å²) >= 11 is 0. The molecule has 3 rings (SSSR count). The Bertz CT molecular complexity index is 1020. The summed E-state index contributed by atoms with van der Waals surface area (Å²) in [7, 11) is 0.